The van der Waals surface area contributed by atoms with Crippen LogP contribution >= 0.6 is 39.3 Å². The van der Waals surface area contributed by atoms with Crippen LogP contribution in [-0.2, 0) is 11.4 Å². The molecule has 0 bridgehead atoms. The topological polar surface area (TPSA) is 65.1 Å². The van der Waals surface area contributed by atoms with E-state index >= 15 is 0 Å². The van der Waals surface area contributed by atoms with Gasteiger partial charge in [0.15, 0.2) is 11.5 Å². The lowest BCUT2D eigenvalue weighted by Crippen LogP contribution is -2.32. The van der Waals surface area contributed by atoms with Gasteiger partial charge in [0.25, 0.3) is 11.1 Å². The van der Waals surface area contributed by atoms with Crippen LogP contribution in [0.15, 0.2) is 76.1 Å². The van der Waals surface area contributed by atoms with E-state index < -0.39 is 0 Å². The number of carbonyl (C=O) groups is 2. The predicted octanol–water partition coefficient (Wildman–Crippen LogP) is 7.20. The summed E-state index contributed by atoms with van der Waals surface area (Å²) in [5.74, 6) is 1.31. The summed E-state index contributed by atoms with van der Waals surface area (Å²) >= 11 is 10.4. The van der Waals surface area contributed by atoms with E-state index in [1.165, 1.54) is 4.90 Å². The first kappa shape index (κ1) is 26.1. The number of nitrogens with zero attached hydrogens (tertiary/aromatic N) is 1. The fraction of sp³-hybridized carbons (Fsp3) is 0.185. The largest absolute Gasteiger partial charge is 0.490 e. The lowest BCUT2D eigenvalue weighted by molar-refractivity contribution is -0.123. The van der Waals surface area contributed by atoms with Crippen molar-refractivity contribution < 1.29 is 23.8 Å². The number of ether oxygens (including phenoxy) is 3. The number of imide groups is 1. The zero-order valence-corrected chi connectivity index (χ0v) is 22.6. The molecule has 4 rings (SSSR count). The molecule has 186 valence electrons. The Kier molecular flexibility index (Phi) is 8.96. The lowest BCUT2D eigenvalue weighted by atomic mass is 10.1. The first-order valence-corrected chi connectivity index (χ1v) is 13.2. The second kappa shape index (κ2) is 12.3. The van der Waals surface area contributed by atoms with Gasteiger partial charge >= 0.3 is 0 Å². The molecule has 0 aliphatic carbocycles. The van der Waals surface area contributed by atoms with Crippen molar-refractivity contribution in [2.45, 2.75) is 13.5 Å². The maximum Gasteiger partial charge on any atom is 0.293 e. The third-order valence-corrected chi connectivity index (χ3v) is 6.90. The molecular formula is C27H23BrClNO5S. The van der Waals surface area contributed by atoms with Gasteiger partial charge in [0.2, 0.25) is 0 Å². The van der Waals surface area contributed by atoms with Gasteiger partial charge in [0, 0.05) is 4.47 Å². The highest BCUT2D eigenvalue weighted by Gasteiger charge is 2.34. The minimum absolute atomic E-state index is 0.125. The van der Waals surface area contributed by atoms with Crippen molar-refractivity contribution in [3.8, 4) is 17.2 Å². The third-order valence-electron chi connectivity index (χ3n) is 5.16. The number of rotatable bonds is 10. The Morgan fingerprint density at radius 3 is 2.47 bits per heavy atom. The summed E-state index contributed by atoms with van der Waals surface area (Å²) in [7, 11) is 0. The molecule has 0 saturated carbocycles. The van der Waals surface area contributed by atoms with Crippen LogP contribution in [0.3, 0.4) is 0 Å². The van der Waals surface area contributed by atoms with Gasteiger partial charge in [-0.3, -0.25) is 14.5 Å². The van der Waals surface area contributed by atoms with Crippen molar-refractivity contribution in [1.29, 1.82) is 0 Å². The molecule has 0 spiro atoms. The zero-order valence-electron chi connectivity index (χ0n) is 19.4. The maximum atomic E-state index is 12.9. The molecule has 0 N–H and O–H groups in total. The van der Waals surface area contributed by atoms with Crippen LogP contribution < -0.4 is 14.2 Å². The van der Waals surface area contributed by atoms with Gasteiger partial charge in [0.05, 0.1) is 23.1 Å². The molecule has 1 aliphatic rings. The monoisotopic (exact) mass is 587 g/mol. The Morgan fingerprint density at radius 1 is 0.944 bits per heavy atom. The van der Waals surface area contributed by atoms with Crippen molar-refractivity contribution >= 4 is 56.5 Å². The van der Waals surface area contributed by atoms with E-state index in [0.29, 0.717) is 40.4 Å². The molecule has 1 heterocycles. The smallest absolute Gasteiger partial charge is 0.293 e. The molecule has 9 heteroatoms. The van der Waals surface area contributed by atoms with Gasteiger partial charge in [-0.15, -0.1) is 0 Å². The molecule has 3 aromatic carbocycles. The normalized spacial score (nSPS) is 14.4. The van der Waals surface area contributed by atoms with E-state index in [1.807, 2.05) is 37.3 Å². The second-order valence-corrected chi connectivity index (χ2v) is 9.98. The highest BCUT2D eigenvalue weighted by molar-refractivity contribution is 9.10. The van der Waals surface area contributed by atoms with Crippen molar-refractivity contribution in [2.24, 2.45) is 0 Å². The van der Waals surface area contributed by atoms with Crippen LogP contribution in [0.1, 0.15) is 18.1 Å². The van der Waals surface area contributed by atoms with E-state index in [0.717, 1.165) is 27.4 Å². The first-order chi connectivity index (χ1) is 17.4. The summed E-state index contributed by atoms with van der Waals surface area (Å²) in [4.78, 5) is 26.8. The van der Waals surface area contributed by atoms with Gasteiger partial charge in [0.1, 0.15) is 19.0 Å². The maximum absolute atomic E-state index is 12.9. The molecule has 3 aromatic rings. The summed E-state index contributed by atoms with van der Waals surface area (Å²) in [6.07, 6.45) is 1.68. The van der Waals surface area contributed by atoms with Crippen molar-refractivity contribution in [3.05, 3.63) is 92.3 Å². The van der Waals surface area contributed by atoms with Gasteiger partial charge in [-0.2, -0.15) is 0 Å². The van der Waals surface area contributed by atoms with Crippen LogP contribution in [-0.4, -0.2) is 35.8 Å². The SMILES string of the molecule is CCOc1cc(/C=C2\SC(=O)N(CCOc3ccccc3Cl)C2=O)ccc1OCc1ccc(Br)cc1. The molecular weight excluding hydrogens is 566 g/mol. The van der Waals surface area contributed by atoms with Crippen LogP contribution in [0.5, 0.6) is 17.2 Å². The van der Waals surface area contributed by atoms with E-state index in [9.17, 15) is 9.59 Å². The molecule has 1 aliphatic heterocycles. The number of hydrogen-bond donors (Lipinski definition) is 0. The van der Waals surface area contributed by atoms with Gasteiger partial charge in [-0.05, 0) is 72.3 Å². The van der Waals surface area contributed by atoms with E-state index in [-0.39, 0.29) is 24.3 Å². The molecule has 0 aromatic heterocycles. The average molecular weight is 589 g/mol. The van der Waals surface area contributed by atoms with Crippen molar-refractivity contribution in [3.63, 3.8) is 0 Å². The lowest BCUT2D eigenvalue weighted by Gasteiger charge is -2.14. The van der Waals surface area contributed by atoms with Crippen LogP contribution in [0, 0.1) is 0 Å². The van der Waals surface area contributed by atoms with Crippen molar-refractivity contribution in [2.75, 3.05) is 19.8 Å². The molecule has 0 unspecified atom stereocenters. The fourth-order valence-corrected chi connectivity index (χ4v) is 4.72. The highest BCUT2D eigenvalue weighted by atomic mass is 79.9. The summed E-state index contributed by atoms with van der Waals surface area (Å²) in [5.41, 5.74) is 1.75. The van der Waals surface area contributed by atoms with Gasteiger partial charge in [-0.1, -0.05) is 57.9 Å². The molecule has 6 nitrogen and oxygen atoms in total. The third kappa shape index (κ3) is 6.63. The molecule has 36 heavy (non-hydrogen) atoms. The number of thioether (sulfide) groups is 1. The standard InChI is InChI=1S/C27H23BrClNO5S/c1-2-33-24-15-19(9-12-23(24)35-17-18-7-10-20(28)11-8-18)16-25-26(31)30(27(32)36-25)13-14-34-22-6-4-3-5-21(22)29/h3-12,15-16H,2,13-14,17H2,1H3/b25-16-. The number of amides is 2. The van der Waals surface area contributed by atoms with E-state index in [2.05, 4.69) is 15.9 Å². The molecule has 1 fully saturated rings. The molecule has 1 saturated heterocycles. The first-order valence-electron chi connectivity index (χ1n) is 11.2. The molecule has 0 radical (unpaired) electrons. The Morgan fingerprint density at radius 2 is 1.72 bits per heavy atom. The molecule has 2 amide bonds. The second-order valence-electron chi connectivity index (χ2n) is 7.67. The summed E-state index contributed by atoms with van der Waals surface area (Å²) in [6.45, 7) is 3.01. The number of halogens is 2. The predicted molar refractivity (Wildman–Crippen MR) is 146 cm³/mol. The Bertz CT molecular complexity index is 1280. The Balaban J connectivity index is 1.42. The highest BCUT2D eigenvalue weighted by Crippen LogP contribution is 2.35. The molecule has 0 atom stereocenters. The van der Waals surface area contributed by atoms with E-state index in [1.54, 1.807) is 42.5 Å². The quantitative estimate of drug-likeness (QED) is 0.234. The zero-order chi connectivity index (χ0) is 25.5. The number of carbonyl (C=O) groups excluding carboxylic acids is 2. The van der Waals surface area contributed by atoms with Crippen LogP contribution in [0.2, 0.25) is 5.02 Å². The number of hydrogen-bond acceptors (Lipinski definition) is 6. The van der Waals surface area contributed by atoms with Crippen molar-refractivity contribution in [1.82, 2.24) is 4.90 Å². The van der Waals surface area contributed by atoms with Gasteiger partial charge < -0.3 is 14.2 Å². The summed E-state index contributed by atoms with van der Waals surface area (Å²) < 4.78 is 18.4. The van der Waals surface area contributed by atoms with Crippen LogP contribution in [0.25, 0.3) is 6.08 Å². The van der Waals surface area contributed by atoms with Crippen LogP contribution in [0.4, 0.5) is 4.79 Å². The summed E-state index contributed by atoms with van der Waals surface area (Å²) in [5, 5.41) is 0.134. The minimum Gasteiger partial charge on any atom is -0.490 e. The fourth-order valence-electron chi connectivity index (χ4n) is 3.40. The summed E-state index contributed by atoms with van der Waals surface area (Å²) in [6, 6.07) is 20.4. The average Bonchev–Trinajstić information content (AvgIpc) is 3.13. The van der Waals surface area contributed by atoms with Gasteiger partial charge in [-0.25, -0.2) is 0 Å². The van der Waals surface area contributed by atoms with E-state index in [4.69, 9.17) is 25.8 Å². The number of benzene rings is 3. The number of para-hydroxylation sites is 1. The minimum atomic E-state index is -0.360. The Labute approximate surface area is 227 Å². The Hall–Kier alpha value is -2.94.